The summed E-state index contributed by atoms with van der Waals surface area (Å²) in [5.74, 6) is 0.829. The van der Waals surface area contributed by atoms with Crippen LogP contribution in [-0.4, -0.2) is 23.1 Å². The first-order valence-electron chi connectivity index (χ1n) is 7.73. The summed E-state index contributed by atoms with van der Waals surface area (Å²) in [6.45, 7) is 11.8. The molecule has 0 amide bonds. The molecular formula is C16H29N3O. The van der Waals surface area contributed by atoms with Gasteiger partial charge in [0.05, 0.1) is 0 Å². The Morgan fingerprint density at radius 1 is 1.05 bits per heavy atom. The van der Waals surface area contributed by atoms with E-state index < -0.39 is 0 Å². The molecule has 0 saturated carbocycles. The first-order chi connectivity index (χ1) is 9.54. The molecule has 0 fully saturated rings. The second-order valence-corrected chi connectivity index (χ2v) is 5.22. The molecule has 1 rings (SSSR count). The van der Waals surface area contributed by atoms with E-state index in [1.165, 1.54) is 5.56 Å². The Morgan fingerprint density at radius 2 is 1.60 bits per heavy atom. The Morgan fingerprint density at radius 3 is 2.00 bits per heavy atom. The van der Waals surface area contributed by atoms with E-state index in [1.54, 1.807) is 0 Å². The molecule has 0 atom stereocenters. The van der Waals surface area contributed by atoms with Crippen LogP contribution in [0.4, 0.5) is 0 Å². The van der Waals surface area contributed by atoms with Crippen molar-refractivity contribution in [3.63, 3.8) is 0 Å². The average Bonchev–Trinajstić information content (AvgIpc) is 2.44. The van der Waals surface area contributed by atoms with E-state index in [-0.39, 0.29) is 5.60 Å². The summed E-state index contributed by atoms with van der Waals surface area (Å²) in [6, 6.07) is 0. The molecule has 1 aromatic heterocycles. The van der Waals surface area contributed by atoms with Gasteiger partial charge in [-0.05, 0) is 58.6 Å². The van der Waals surface area contributed by atoms with Crippen molar-refractivity contribution < 1.29 is 4.74 Å². The maximum Gasteiger partial charge on any atom is 0.160 e. The van der Waals surface area contributed by atoms with Gasteiger partial charge in [-0.2, -0.15) is 0 Å². The number of aryl methyl sites for hydroxylation is 2. The fourth-order valence-corrected chi connectivity index (χ4v) is 2.70. The maximum absolute atomic E-state index is 6.00. The molecule has 0 spiro atoms. The van der Waals surface area contributed by atoms with Gasteiger partial charge in [-0.25, -0.2) is 9.97 Å². The molecule has 1 heterocycles. The standard InChI is InChI=1S/C16H29N3O/c1-6-16(7-2,20-8-3)15-18-12(4)14(10-9-11-17)13(5)19-15/h6-11,17H2,1-5H3. The Balaban J connectivity index is 3.19. The number of aromatic nitrogens is 2. The monoisotopic (exact) mass is 279 g/mol. The van der Waals surface area contributed by atoms with Gasteiger partial charge in [0.15, 0.2) is 5.82 Å². The van der Waals surface area contributed by atoms with Gasteiger partial charge >= 0.3 is 0 Å². The zero-order valence-corrected chi connectivity index (χ0v) is 13.6. The van der Waals surface area contributed by atoms with E-state index in [0.717, 1.165) is 42.9 Å². The van der Waals surface area contributed by atoms with Crippen molar-refractivity contribution in [2.24, 2.45) is 5.73 Å². The smallest absolute Gasteiger partial charge is 0.160 e. The second kappa shape index (κ2) is 7.70. The van der Waals surface area contributed by atoms with Crippen LogP contribution >= 0.6 is 0 Å². The van der Waals surface area contributed by atoms with Crippen LogP contribution in [0.1, 0.15) is 62.8 Å². The van der Waals surface area contributed by atoms with E-state index in [0.29, 0.717) is 13.2 Å². The van der Waals surface area contributed by atoms with Gasteiger partial charge in [0.2, 0.25) is 0 Å². The molecule has 0 aliphatic rings. The summed E-state index contributed by atoms with van der Waals surface area (Å²) in [5.41, 5.74) is 8.60. The summed E-state index contributed by atoms with van der Waals surface area (Å²) in [5, 5.41) is 0. The van der Waals surface area contributed by atoms with Crippen LogP contribution in [0.15, 0.2) is 0 Å². The van der Waals surface area contributed by atoms with Crippen molar-refractivity contribution in [2.75, 3.05) is 13.2 Å². The van der Waals surface area contributed by atoms with Crippen LogP contribution in [0, 0.1) is 13.8 Å². The lowest BCUT2D eigenvalue weighted by atomic mass is 9.95. The lowest BCUT2D eigenvalue weighted by Crippen LogP contribution is -2.31. The summed E-state index contributed by atoms with van der Waals surface area (Å²) >= 11 is 0. The number of rotatable bonds is 8. The molecule has 0 aliphatic carbocycles. The van der Waals surface area contributed by atoms with Crippen LogP contribution in [0.2, 0.25) is 0 Å². The quantitative estimate of drug-likeness (QED) is 0.794. The van der Waals surface area contributed by atoms with Gasteiger partial charge < -0.3 is 10.5 Å². The van der Waals surface area contributed by atoms with Crippen molar-refractivity contribution >= 4 is 0 Å². The Bertz CT molecular complexity index is 405. The molecule has 0 saturated heterocycles. The molecule has 4 heteroatoms. The van der Waals surface area contributed by atoms with Gasteiger partial charge in [-0.3, -0.25) is 0 Å². The Labute approximate surface area is 123 Å². The van der Waals surface area contributed by atoms with Gasteiger partial charge in [-0.15, -0.1) is 0 Å². The van der Waals surface area contributed by atoms with Crippen LogP contribution < -0.4 is 5.73 Å². The average molecular weight is 279 g/mol. The van der Waals surface area contributed by atoms with Crippen molar-refractivity contribution in [3.05, 3.63) is 22.8 Å². The van der Waals surface area contributed by atoms with E-state index >= 15 is 0 Å². The van der Waals surface area contributed by atoms with E-state index in [1.807, 2.05) is 6.92 Å². The minimum absolute atomic E-state index is 0.351. The third-order valence-electron chi connectivity index (χ3n) is 4.02. The molecular weight excluding hydrogens is 250 g/mol. The third-order valence-corrected chi connectivity index (χ3v) is 4.02. The fraction of sp³-hybridized carbons (Fsp3) is 0.750. The predicted octanol–water partition coefficient (Wildman–Crippen LogP) is 3.04. The molecule has 20 heavy (non-hydrogen) atoms. The van der Waals surface area contributed by atoms with Gasteiger partial charge in [0, 0.05) is 18.0 Å². The van der Waals surface area contributed by atoms with Gasteiger partial charge in [-0.1, -0.05) is 13.8 Å². The van der Waals surface area contributed by atoms with Crippen molar-refractivity contribution in [1.29, 1.82) is 0 Å². The number of nitrogens with two attached hydrogens (primary N) is 1. The minimum Gasteiger partial charge on any atom is -0.367 e. The number of nitrogens with zero attached hydrogens (tertiary/aromatic N) is 2. The maximum atomic E-state index is 6.00. The summed E-state index contributed by atoms with van der Waals surface area (Å²) in [4.78, 5) is 9.49. The summed E-state index contributed by atoms with van der Waals surface area (Å²) in [7, 11) is 0. The van der Waals surface area contributed by atoms with Crippen molar-refractivity contribution in [2.45, 2.75) is 65.9 Å². The van der Waals surface area contributed by atoms with E-state index in [2.05, 4.69) is 27.7 Å². The fourth-order valence-electron chi connectivity index (χ4n) is 2.70. The minimum atomic E-state index is -0.351. The highest BCUT2D eigenvalue weighted by molar-refractivity contribution is 5.26. The lowest BCUT2D eigenvalue weighted by molar-refractivity contribution is -0.0574. The summed E-state index contributed by atoms with van der Waals surface area (Å²) < 4.78 is 6.00. The van der Waals surface area contributed by atoms with Crippen molar-refractivity contribution in [1.82, 2.24) is 9.97 Å². The number of hydrogen-bond donors (Lipinski definition) is 1. The molecule has 0 radical (unpaired) electrons. The lowest BCUT2D eigenvalue weighted by Gasteiger charge is -2.30. The van der Waals surface area contributed by atoms with Gasteiger partial charge in [0.1, 0.15) is 5.60 Å². The molecule has 4 nitrogen and oxygen atoms in total. The molecule has 0 aromatic carbocycles. The van der Waals surface area contributed by atoms with Crippen LogP contribution in [0.5, 0.6) is 0 Å². The normalized spacial score (nSPS) is 11.9. The Kier molecular flexibility index (Phi) is 6.56. The SMILES string of the molecule is CCOC(CC)(CC)c1nc(C)c(CCCN)c(C)n1. The highest BCUT2D eigenvalue weighted by Crippen LogP contribution is 2.31. The van der Waals surface area contributed by atoms with E-state index in [9.17, 15) is 0 Å². The predicted molar refractivity (Wildman–Crippen MR) is 82.8 cm³/mol. The molecule has 1 aromatic rings. The largest absolute Gasteiger partial charge is 0.367 e. The van der Waals surface area contributed by atoms with Crippen LogP contribution in [-0.2, 0) is 16.8 Å². The first kappa shape index (κ1) is 17.1. The van der Waals surface area contributed by atoms with Crippen molar-refractivity contribution in [3.8, 4) is 0 Å². The molecule has 0 bridgehead atoms. The first-order valence-corrected chi connectivity index (χ1v) is 7.73. The molecule has 2 N–H and O–H groups in total. The third kappa shape index (κ3) is 3.55. The highest BCUT2D eigenvalue weighted by Gasteiger charge is 2.33. The Hall–Kier alpha value is -1.00. The summed E-state index contributed by atoms with van der Waals surface area (Å²) in [6.07, 6.45) is 3.70. The van der Waals surface area contributed by atoms with Gasteiger partial charge in [0.25, 0.3) is 0 Å². The zero-order valence-electron chi connectivity index (χ0n) is 13.6. The highest BCUT2D eigenvalue weighted by atomic mass is 16.5. The topological polar surface area (TPSA) is 61.0 Å². The van der Waals surface area contributed by atoms with E-state index in [4.69, 9.17) is 20.4 Å². The number of ether oxygens (including phenoxy) is 1. The number of hydrogen-bond acceptors (Lipinski definition) is 4. The van der Waals surface area contributed by atoms with Crippen LogP contribution in [0.25, 0.3) is 0 Å². The van der Waals surface area contributed by atoms with Crippen LogP contribution in [0.3, 0.4) is 0 Å². The molecule has 114 valence electrons. The zero-order chi connectivity index (χ0) is 15.2. The molecule has 0 aliphatic heterocycles. The molecule has 0 unspecified atom stereocenters. The second-order valence-electron chi connectivity index (χ2n) is 5.22.